The molecule has 2 aromatic rings. The molecule has 0 aliphatic carbocycles. The number of anilines is 1. The minimum atomic E-state index is -0.317. The van der Waals surface area contributed by atoms with Crippen LogP contribution in [0, 0.1) is 13.8 Å². The molecule has 0 atom stereocenters. The molecule has 0 saturated carbocycles. The first-order chi connectivity index (χ1) is 10.9. The van der Waals surface area contributed by atoms with Gasteiger partial charge in [0.2, 0.25) is 5.88 Å². The van der Waals surface area contributed by atoms with Gasteiger partial charge < -0.3 is 15.0 Å². The molecule has 2 N–H and O–H groups in total. The van der Waals surface area contributed by atoms with Crippen molar-refractivity contribution in [3.8, 4) is 5.88 Å². The third-order valence-electron chi connectivity index (χ3n) is 3.65. The van der Waals surface area contributed by atoms with E-state index in [-0.39, 0.29) is 11.7 Å². The number of aromatic amines is 1. The Hall–Kier alpha value is -2.63. The third kappa shape index (κ3) is 3.26. The number of carbonyl (C=O) groups excluding carboxylic acids is 2. The second kappa shape index (κ2) is 6.64. The highest BCUT2D eigenvalue weighted by atomic mass is 16.5. The van der Waals surface area contributed by atoms with Crippen molar-refractivity contribution in [2.45, 2.75) is 34.1 Å². The Bertz CT molecular complexity index is 763. The number of carbonyl (C=O) groups is 2. The largest absolute Gasteiger partial charge is 0.480 e. The molecule has 0 fully saturated rings. The molecule has 23 heavy (non-hydrogen) atoms. The first-order valence-corrected chi connectivity index (χ1v) is 7.43. The number of hydrogen-bond acceptors (Lipinski definition) is 4. The summed E-state index contributed by atoms with van der Waals surface area (Å²) in [6, 6.07) is 1.79. The van der Waals surface area contributed by atoms with Gasteiger partial charge in [0, 0.05) is 17.5 Å². The van der Waals surface area contributed by atoms with Crippen molar-refractivity contribution in [1.29, 1.82) is 0 Å². The number of H-pyrrole nitrogens is 1. The maximum atomic E-state index is 12.6. The van der Waals surface area contributed by atoms with Crippen LogP contribution in [0.3, 0.4) is 0 Å². The zero-order valence-corrected chi connectivity index (χ0v) is 14.0. The smallest absolute Gasteiger partial charge is 0.272 e. The Morgan fingerprint density at radius 2 is 2.04 bits per heavy atom. The zero-order chi connectivity index (χ0) is 17.1. The van der Waals surface area contributed by atoms with Crippen LogP contribution >= 0.6 is 0 Å². The average Bonchev–Trinajstić information content (AvgIpc) is 2.84. The van der Waals surface area contributed by atoms with E-state index in [1.54, 1.807) is 19.2 Å². The molecule has 0 unspecified atom stereocenters. The predicted molar refractivity (Wildman–Crippen MR) is 88.4 cm³/mol. The van der Waals surface area contributed by atoms with Crippen LogP contribution in [0.15, 0.2) is 12.3 Å². The quantitative estimate of drug-likeness (QED) is 0.831. The number of hydrogen-bond donors (Lipinski definition) is 2. The standard InChI is InChI=1S/C17H21N3O3/c1-6-12-14(11(4)21)10(3)19-15(12)16(22)20-13-7-9(2)8-18-17(13)23-5/h7-8,19H,6H2,1-5H3,(H,20,22). The number of nitrogens with one attached hydrogen (secondary N) is 2. The molecule has 0 aromatic carbocycles. The lowest BCUT2D eigenvalue weighted by atomic mass is 10.0. The van der Waals surface area contributed by atoms with E-state index in [0.29, 0.717) is 34.9 Å². The number of rotatable bonds is 5. The number of ether oxygens (including phenoxy) is 1. The van der Waals surface area contributed by atoms with Crippen molar-refractivity contribution in [3.05, 3.63) is 40.3 Å². The van der Waals surface area contributed by atoms with Crippen LogP contribution in [-0.2, 0) is 6.42 Å². The first kappa shape index (κ1) is 16.7. The molecule has 2 heterocycles. The SMILES string of the molecule is CCc1c(C(=O)Nc2cc(C)cnc2OC)[nH]c(C)c1C(C)=O. The Morgan fingerprint density at radius 1 is 1.35 bits per heavy atom. The zero-order valence-electron chi connectivity index (χ0n) is 14.0. The van der Waals surface area contributed by atoms with E-state index in [9.17, 15) is 9.59 Å². The lowest BCUT2D eigenvalue weighted by molar-refractivity contribution is 0.101. The third-order valence-corrected chi connectivity index (χ3v) is 3.65. The molecule has 6 heteroatoms. The summed E-state index contributed by atoms with van der Waals surface area (Å²) in [5.74, 6) is -0.0235. The normalized spacial score (nSPS) is 10.5. The lowest BCUT2D eigenvalue weighted by Gasteiger charge is -2.10. The minimum absolute atomic E-state index is 0.0514. The summed E-state index contributed by atoms with van der Waals surface area (Å²) in [6.45, 7) is 7.10. The maximum Gasteiger partial charge on any atom is 0.272 e. The molecule has 0 bridgehead atoms. The van der Waals surface area contributed by atoms with Crippen LogP contribution in [-0.4, -0.2) is 28.8 Å². The Morgan fingerprint density at radius 3 is 2.61 bits per heavy atom. The summed E-state index contributed by atoms with van der Waals surface area (Å²) in [5, 5.41) is 2.80. The Kier molecular flexibility index (Phi) is 4.83. The van der Waals surface area contributed by atoms with E-state index in [1.165, 1.54) is 14.0 Å². The van der Waals surface area contributed by atoms with E-state index in [0.717, 1.165) is 11.1 Å². The number of aryl methyl sites for hydroxylation is 2. The van der Waals surface area contributed by atoms with Crippen LogP contribution in [0.5, 0.6) is 5.88 Å². The van der Waals surface area contributed by atoms with E-state index < -0.39 is 0 Å². The number of pyridine rings is 1. The summed E-state index contributed by atoms with van der Waals surface area (Å²) < 4.78 is 5.17. The van der Waals surface area contributed by atoms with Gasteiger partial charge in [-0.25, -0.2) is 4.98 Å². The van der Waals surface area contributed by atoms with Crippen LogP contribution in [0.2, 0.25) is 0 Å². The van der Waals surface area contributed by atoms with E-state index >= 15 is 0 Å². The van der Waals surface area contributed by atoms with Gasteiger partial charge in [-0.1, -0.05) is 6.92 Å². The van der Waals surface area contributed by atoms with Crippen LogP contribution in [0.1, 0.15) is 51.5 Å². The molecule has 2 aromatic heterocycles. The van der Waals surface area contributed by atoms with Crippen LogP contribution < -0.4 is 10.1 Å². The second-order valence-corrected chi connectivity index (χ2v) is 5.41. The Labute approximate surface area is 135 Å². The van der Waals surface area contributed by atoms with Crippen molar-refractivity contribution >= 4 is 17.4 Å². The highest BCUT2D eigenvalue weighted by Gasteiger charge is 2.22. The average molecular weight is 315 g/mol. The molecular formula is C17H21N3O3. The monoisotopic (exact) mass is 315 g/mol. The van der Waals surface area contributed by atoms with Gasteiger partial charge in [0.1, 0.15) is 11.4 Å². The molecule has 122 valence electrons. The van der Waals surface area contributed by atoms with Crippen molar-refractivity contribution in [3.63, 3.8) is 0 Å². The predicted octanol–water partition coefficient (Wildman–Crippen LogP) is 3.05. The number of amides is 1. The van der Waals surface area contributed by atoms with Gasteiger partial charge in [-0.15, -0.1) is 0 Å². The summed E-state index contributed by atoms with van der Waals surface area (Å²) in [6.07, 6.45) is 2.25. The van der Waals surface area contributed by atoms with Gasteiger partial charge in [0.15, 0.2) is 5.78 Å². The molecule has 6 nitrogen and oxygen atoms in total. The molecule has 2 rings (SSSR count). The number of nitrogens with zero attached hydrogens (tertiary/aromatic N) is 1. The van der Waals surface area contributed by atoms with Crippen molar-refractivity contribution in [2.75, 3.05) is 12.4 Å². The fourth-order valence-electron chi connectivity index (χ4n) is 2.69. The summed E-state index contributed by atoms with van der Waals surface area (Å²) in [7, 11) is 1.50. The summed E-state index contributed by atoms with van der Waals surface area (Å²) in [5.41, 5.74) is 3.83. The number of aromatic nitrogens is 2. The van der Waals surface area contributed by atoms with Gasteiger partial charge >= 0.3 is 0 Å². The first-order valence-electron chi connectivity index (χ1n) is 7.43. The molecule has 0 aliphatic heterocycles. The van der Waals surface area contributed by atoms with Crippen LogP contribution in [0.25, 0.3) is 0 Å². The van der Waals surface area contributed by atoms with Crippen molar-refractivity contribution < 1.29 is 14.3 Å². The molecule has 0 aliphatic rings. The highest BCUT2D eigenvalue weighted by Crippen LogP contribution is 2.25. The van der Waals surface area contributed by atoms with Crippen molar-refractivity contribution in [2.24, 2.45) is 0 Å². The molecular weight excluding hydrogens is 294 g/mol. The lowest BCUT2D eigenvalue weighted by Crippen LogP contribution is -2.16. The summed E-state index contributed by atoms with van der Waals surface area (Å²) >= 11 is 0. The van der Waals surface area contributed by atoms with Crippen LogP contribution in [0.4, 0.5) is 5.69 Å². The topological polar surface area (TPSA) is 84.1 Å². The summed E-state index contributed by atoms with van der Waals surface area (Å²) in [4.78, 5) is 31.6. The van der Waals surface area contributed by atoms with E-state index in [4.69, 9.17) is 4.74 Å². The molecule has 0 saturated heterocycles. The molecule has 0 radical (unpaired) electrons. The fourth-order valence-corrected chi connectivity index (χ4v) is 2.69. The van der Waals surface area contributed by atoms with Gasteiger partial charge in [-0.3, -0.25) is 9.59 Å². The molecule has 0 spiro atoms. The van der Waals surface area contributed by atoms with Gasteiger partial charge in [-0.2, -0.15) is 0 Å². The number of ketones is 1. The van der Waals surface area contributed by atoms with E-state index in [1.807, 2.05) is 13.8 Å². The maximum absolute atomic E-state index is 12.6. The fraction of sp³-hybridized carbons (Fsp3) is 0.353. The Balaban J connectivity index is 2.41. The van der Waals surface area contributed by atoms with Gasteiger partial charge in [-0.05, 0) is 44.4 Å². The highest BCUT2D eigenvalue weighted by molar-refractivity contribution is 6.08. The van der Waals surface area contributed by atoms with Crippen molar-refractivity contribution in [1.82, 2.24) is 9.97 Å². The number of Topliss-reactive ketones (excluding diaryl/α,β-unsaturated/α-hetero) is 1. The minimum Gasteiger partial charge on any atom is -0.480 e. The van der Waals surface area contributed by atoms with E-state index in [2.05, 4.69) is 15.3 Å². The number of methoxy groups -OCH3 is 1. The van der Waals surface area contributed by atoms with Gasteiger partial charge in [0.25, 0.3) is 5.91 Å². The molecule has 1 amide bonds. The second-order valence-electron chi connectivity index (χ2n) is 5.41. The van der Waals surface area contributed by atoms with Gasteiger partial charge in [0.05, 0.1) is 7.11 Å².